The van der Waals surface area contributed by atoms with Crippen LogP contribution in [0, 0.1) is 19.8 Å². The van der Waals surface area contributed by atoms with Gasteiger partial charge in [-0.15, -0.1) is 0 Å². The lowest BCUT2D eigenvalue weighted by molar-refractivity contribution is -0.120. The Morgan fingerprint density at radius 3 is 2.57 bits per heavy atom. The summed E-state index contributed by atoms with van der Waals surface area (Å²) in [5.41, 5.74) is 4.85. The van der Waals surface area contributed by atoms with Crippen molar-refractivity contribution in [3.05, 3.63) is 58.9 Å². The summed E-state index contributed by atoms with van der Waals surface area (Å²) in [6.07, 6.45) is 3.90. The minimum atomic E-state index is -0.00850. The first-order valence-corrected chi connectivity index (χ1v) is 10.0. The summed E-state index contributed by atoms with van der Waals surface area (Å²) in [5, 5.41) is 3.13. The zero-order chi connectivity index (χ0) is 20.1. The van der Waals surface area contributed by atoms with Crippen molar-refractivity contribution in [2.45, 2.75) is 46.2 Å². The number of pyridine rings is 1. The Hall–Kier alpha value is -2.40. The molecule has 3 rings (SSSR count). The van der Waals surface area contributed by atoms with Crippen LogP contribution in [0.5, 0.6) is 5.75 Å². The smallest absolute Gasteiger partial charge is 0.217 e. The highest BCUT2D eigenvalue weighted by Gasteiger charge is 2.29. The summed E-state index contributed by atoms with van der Waals surface area (Å²) < 4.78 is 5.43. The molecule has 1 aromatic carbocycles. The van der Waals surface area contributed by atoms with Gasteiger partial charge in [-0.3, -0.25) is 14.7 Å². The number of benzene rings is 1. The minimum Gasteiger partial charge on any atom is -0.496 e. The maximum atomic E-state index is 11.7. The maximum Gasteiger partial charge on any atom is 0.217 e. The fraction of sp³-hybridized carbons (Fsp3) is 0.478. The van der Waals surface area contributed by atoms with E-state index in [2.05, 4.69) is 41.2 Å². The Balaban J connectivity index is 1.65. The van der Waals surface area contributed by atoms with Crippen molar-refractivity contribution < 1.29 is 9.53 Å². The lowest BCUT2D eigenvalue weighted by atomic mass is 9.87. The minimum absolute atomic E-state index is 0.00224. The van der Waals surface area contributed by atoms with Gasteiger partial charge >= 0.3 is 0 Å². The van der Waals surface area contributed by atoms with Gasteiger partial charge in [0, 0.05) is 19.7 Å². The highest BCUT2D eigenvalue weighted by Crippen LogP contribution is 2.31. The first kappa shape index (κ1) is 20.3. The molecule has 0 spiro atoms. The van der Waals surface area contributed by atoms with E-state index in [0.717, 1.165) is 43.9 Å². The average Bonchev–Trinajstić information content (AvgIpc) is 2.71. The number of nitrogens with one attached hydrogen (secondary N) is 1. The molecule has 5 heteroatoms. The number of aromatic nitrogens is 1. The fourth-order valence-corrected chi connectivity index (χ4v) is 4.14. The number of amides is 1. The first-order valence-electron chi connectivity index (χ1n) is 10.0. The van der Waals surface area contributed by atoms with Gasteiger partial charge in [-0.05, 0) is 80.6 Å². The molecule has 5 nitrogen and oxygen atoms in total. The molecule has 1 aromatic heterocycles. The van der Waals surface area contributed by atoms with Gasteiger partial charge in [-0.25, -0.2) is 0 Å². The number of carbonyl (C=O) groups excluding carboxylic acids is 1. The van der Waals surface area contributed by atoms with Crippen LogP contribution in [-0.4, -0.2) is 36.0 Å². The van der Waals surface area contributed by atoms with E-state index in [1.807, 2.05) is 18.2 Å². The first-order chi connectivity index (χ1) is 13.5. The Kier molecular flexibility index (Phi) is 6.68. The number of carbonyl (C=O) groups is 1. The molecule has 1 saturated heterocycles. The van der Waals surface area contributed by atoms with Crippen molar-refractivity contribution in [3.8, 4) is 5.75 Å². The van der Waals surface area contributed by atoms with E-state index >= 15 is 0 Å². The van der Waals surface area contributed by atoms with E-state index in [0.29, 0.717) is 5.92 Å². The number of likely N-dealkylation sites (tertiary alicyclic amines) is 1. The van der Waals surface area contributed by atoms with Crippen molar-refractivity contribution in [1.29, 1.82) is 0 Å². The van der Waals surface area contributed by atoms with Crippen LogP contribution >= 0.6 is 0 Å². The summed E-state index contributed by atoms with van der Waals surface area (Å²) >= 11 is 0. The van der Waals surface area contributed by atoms with Gasteiger partial charge in [-0.2, -0.15) is 0 Å². The number of ether oxygens (including phenoxy) is 1. The highest BCUT2D eigenvalue weighted by atomic mass is 16.5. The zero-order valence-electron chi connectivity index (χ0n) is 17.4. The molecule has 1 aliphatic heterocycles. The third kappa shape index (κ3) is 4.71. The van der Waals surface area contributed by atoms with Crippen LogP contribution in [-0.2, 0) is 11.3 Å². The molecule has 28 heavy (non-hydrogen) atoms. The predicted octanol–water partition coefficient (Wildman–Crippen LogP) is 3.80. The molecule has 1 atom stereocenters. The second kappa shape index (κ2) is 9.20. The van der Waals surface area contributed by atoms with Gasteiger partial charge in [0.25, 0.3) is 0 Å². The molecular formula is C23H31N3O2. The molecule has 1 N–H and O–H groups in total. The van der Waals surface area contributed by atoms with Crippen LogP contribution in [0.25, 0.3) is 0 Å². The summed E-state index contributed by atoms with van der Waals surface area (Å²) in [6.45, 7) is 8.89. The average molecular weight is 382 g/mol. The number of piperidine rings is 1. The van der Waals surface area contributed by atoms with Crippen LogP contribution in [0.3, 0.4) is 0 Å². The molecule has 0 bridgehead atoms. The molecule has 1 unspecified atom stereocenters. The molecule has 0 saturated carbocycles. The van der Waals surface area contributed by atoms with Crippen molar-refractivity contribution in [2.24, 2.45) is 5.92 Å². The predicted molar refractivity (Wildman–Crippen MR) is 111 cm³/mol. The number of hydrogen-bond acceptors (Lipinski definition) is 4. The van der Waals surface area contributed by atoms with Crippen molar-refractivity contribution in [1.82, 2.24) is 15.2 Å². The standard InChI is InChI=1S/C23H31N3O2/c1-16-17(2)22(28-4)9-8-20(16)15-26-13-10-19(11-14-26)23(25-18(3)27)21-7-5-6-12-24-21/h5-9,12,19,23H,10-11,13-15H2,1-4H3,(H,25,27). The second-order valence-corrected chi connectivity index (χ2v) is 7.72. The number of rotatable bonds is 6. The van der Waals surface area contributed by atoms with Crippen molar-refractivity contribution in [3.63, 3.8) is 0 Å². The third-order valence-electron chi connectivity index (χ3n) is 5.93. The summed E-state index contributed by atoms with van der Waals surface area (Å²) in [4.78, 5) is 18.7. The molecule has 1 fully saturated rings. The molecular weight excluding hydrogens is 350 g/mol. The Morgan fingerprint density at radius 1 is 1.21 bits per heavy atom. The van der Waals surface area contributed by atoms with E-state index in [4.69, 9.17) is 4.74 Å². The molecule has 1 aliphatic rings. The lowest BCUT2D eigenvalue weighted by Crippen LogP contribution is -2.40. The summed E-state index contributed by atoms with van der Waals surface area (Å²) in [7, 11) is 1.72. The van der Waals surface area contributed by atoms with Crippen LogP contribution in [0.1, 0.15) is 48.2 Å². The van der Waals surface area contributed by atoms with Crippen LogP contribution in [0.4, 0.5) is 0 Å². The molecule has 1 amide bonds. The normalized spacial score (nSPS) is 16.6. The van der Waals surface area contributed by atoms with Crippen molar-refractivity contribution in [2.75, 3.05) is 20.2 Å². The van der Waals surface area contributed by atoms with Crippen molar-refractivity contribution >= 4 is 5.91 Å². The molecule has 2 heterocycles. The topological polar surface area (TPSA) is 54.5 Å². The number of nitrogens with zero attached hydrogens (tertiary/aromatic N) is 2. The lowest BCUT2D eigenvalue weighted by Gasteiger charge is -2.36. The largest absolute Gasteiger partial charge is 0.496 e. The Bertz CT molecular complexity index is 799. The van der Waals surface area contributed by atoms with Gasteiger partial charge in [0.1, 0.15) is 5.75 Å². The number of methoxy groups -OCH3 is 1. The SMILES string of the molecule is COc1ccc(CN2CCC(C(NC(C)=O)c3ccccn3)CC2)c(C)c1C. The molecule has 0 aliphatic carbocycles. The van der Waals surface area contributed by atoms with E-state index in [-0.39, 0.29) is 11.9 Å². The quantitative estimate of drug-likeness (QED) is 0.827. The highest BCUT2D eigenvalue weighted by molar-refractivity contribution is 5.73. The third-order valence-corrected chi connectivity index (χ3v) is 5.93. The van der Waals surface area contributed by atoms with Crippen LogP contribution in [0.2, 0.25) is 0 Å². The summed E-state index contributed by atoms with van der Waals surface area (Å²) in [6, 6.07) is 10.2. The zero-order valence-corrected chi connectivity index (χ0v) is 17.4. The van der Waals surface area contributed by atoms with Gasteiger partial charge in [-0.1, -0.05) is 12.1 Å². The van der Waals surface area contributed by atoms with Gasteiger partial charge in [0.15, 0.2) is 0 Å². The van der Waals surface area contributed by atoms with E-state index in [1.165, 1.54) is 16.7 Å². The van der Waals surface area contributed by atoms with E-state index in [9.17, 15) is 4.79 Å². The monoisotopic (exact) mass is 381 g/mol. The molecule has 2 aromatic rings. The fourth-order valence-electron chi connectivity index (χ4n) is 4.14. The Morgan fingerprint density at radius 2 is 1.96 bits per heavy atom. The number of hydrogen-bond donors (Lipinski definition) is 1. The molecule has 0 radical (unpaired) electrons. The second-order valence-electron chi connectivity index (χ2n) is 7.72. The van der Waals surface area contributed by atoms with Crippen LogP contribution < -0.4 is 10.1 Å². The van der Waals surface area contributed by atoms with Gasteiger partial charge in [0.2, 0.25) is 5.91 Å². The summed E-state index contributed by atoms with van der Waals surface area (Å²) in [5.74, 6) is 1.37. The van der Waals surface area contributed by atoms with E-state index < -0.39 is 0 Å². The van der Waals surface area contributed by atoms with Gasteiger partial charge in [0.05, 0.1) is 18.8 Å². The van der Waals surface area contributed by atoms with Gasteiger partial charge < -0.3 is 10.1 Å². The Labute approximate surface area is 168 Å². The van der Waals surface area contributed by atoms with E-state index in [1.54, 1.807) is 20.2 Å². The molecule has 150 valence electrons. The maximum absolute atomic E-state index is 11.7. The van der Waals surface area contributed by atoms with Crippen LogP contribution in [0.15, 0.2) is 36.5 Å².